The molecule has 1 aliphatic carbocycles. The SMILES string of the molecule is CC(C)OC(=O)c1cn(C2CC2)c2cc(N3CCNCC3)c(F)cc2c1=O. The number of hydrogen-bond donors (Lipinski definition) is 1. The smallest absolute Gasteiger partial charge is 0.343 e. The first-order chi connectivity index (χ1) is 13.0. The molecule has 0 radical (unpaired) electrons. The van der Waals surface area contributed by atoms with Crippen molar-refractivity contribution in [2.75, 3.05) is 31.1 Å². The number of fused-ring (bicyclic) bond motifs is 1. The molecule has 2 aromatic rings. The molecule has 0 amide bonds. The summed E-state index contributed by atoms with van der Waals surface area (Å²) >= 11 is 0. The standard InChI is InChI=1S/C20H24FN3O3/c1-12(2)27-20(26)15-11-24(13-3-4-13)17-10-18(23-7-5-22-6-8-23)16(21)9-14(17)19(15)25/h9-13,22H,3-8H2,1-2H3. The molecular weight excluding hydrogens is 349 g/mol. The van der Waals surface area contributed by atoms with Crippen LogP contribution in [-0.2, 0) is 4.74 Å². The van der Waals surface area contributed by atoms with Crippen LogP contribution >= 0.6 is 0 Å². The molecule has 27 heavy (non-hydrogen) atoms. The Kier molecular flexibility index (Phi) is 4.63. The van der Waals surface area contributed by atoms with Gasteiger partial charge in [0, 0.05) is 43.8 Å². The number of aromatic nitrogens is 1. The minimum Gasteiger partial charge on any atom is -0.459 e. The Morgan fingerprint density at radius 2 is 1.96 bits per heavy atom. The van der Waals surface area contributed by atoms with Gasteiger partial charge in [0.15, 0.2) is 0 Å². The van der Waals surface area contributed by atoms with Crippen molar-refractivity contribution < 1.29 is 13.9 Å². The van der Waals surface area contributed by atoms with Gasteiger partial charge in [0.05, 0.1) is 17.3 Å². The first-order valence-electron chi connectivity index (χ1n) is 9.50. The molecule has 2 aliphatic rings. The molecule has 144 valence electrons. The summed E-state index contributed by atoms with van der Waals surface area (Å²) in [7, 11) is 0. The summed E-state index contributed by atoms with van der Waals surface area (Å²) in [6, 6.07) is 3.27. The molecule has 0 atom stereocenters. The molecule has 0 bridgehead atoms. The van der Waals surface area contributed by atoms with E-state index in [0.29, 0.717) is 11.2 Å². The van der Waals surface area contributed by atoms with Crippen molar-refractivity contribution in [3.8, 4) is 0 Å². The summed E-state index contributed by atoms with van der Waals surface area (Å²) in [4.78, 5) is 27.2. The van der Waals surface area contributed by atoms with Gasteiger partial charge in [0.1, 0.15) is 11.4 Å². The molecule has 0 spiro atoms. The van der Waals surface area contributed by atoms with Crippen molar-refractivity contribution in [1.29, 1.82) is 0 Å². The maximum Gasteiger partial charge on any atom is 0.343 e. The molecular formula is C20H24FN3O3. The topological polar surface area (TPSA) is 63.6 Å². The van der Waals surface area contributed by atoms with Crippen LogP contribution in [0.25, 0.3) is 10.9 Å². The highest BCUT2D eigenvalue weighted by Gasteiger charge is 2.28. The van der Waals surface area contributed by atoms with Gasteiger partial charge in [-0.05, 0) is 38.8 Å². The van der Waals surface area contributed by atoms with Crippen molar-refractivity contribution in [3.63, 3.8) is 0 Å². The van der Waals surface area contributed by atoms with E-state index in [1.165, 1.54) is 6.07 Å². The molecule has 0 unspecified atom stereocenters. The maximum atomic E-state index is 14.8. The van der Waals surface area contributed by atoms with Gasteiger partial charge < -0.3 is 19.5 Å². The summed E-state index contributed by atoms with van der Waals surface area (Å²) in [6.45, 7) is 6.50. The highest BCUT2D eigenvalue weighted by molar-refractivity contribution is 5.94. The predicted molar refractivity (Wildman–Crippen MR) is 102 cm³/mol. The zero-order valence-electron chi connectivity index (χ0n) is 15.6. The first kappa shape index (κ1) is 18.0. The second kappa shape index (κ2) is 6.96. The van der Waals surface area contributed by atoms with Crippen LogP contribution in [0, 0.1) is 5.82 Å². The van der Waals surface area contributed by atoms with E-state index < -0.39 is 17.2 Å². The Bertz CT molecular complexity index is 944. The number of anilines is 1. The fraction of sp³-hybridized carbons (Fsp3) is 0.500. The summed E-state index contributed by atoms with van der Waals surface area (Å²) in [5.74, 6) is -1.09. The minimum absolute atomic E-state index is 0.0302. The van der Waals surface area contributed by atoms with E-state index >= 15 is 0 Å². The number of nitrogens with one attached hydrogen (secondary N) is 1. The normalized spacial score (nSPS) is 17.6. The Labute approximate surface area is 156 Å². The molecule has 1 saturated carbocycles. The van der Waals surface area contributed by atoms with Gasteiger partial charge in [0.25, 0.3) is 0 Å². The van der Waals surface area contributed by atoms with Crippen LogP contribution in [-0.4, -0.2) is 42.8 Å². The first-order valence-corrected chi connectivity index (χ1v) is 9.50. The van der Waals surface area contributed by atoms with Gasteiger partial charge in [-0.25, -0.2) is 9.18 Å². The number of rotatable bonds is 4. The number of hydrogen-bond acceptors (Lipinski definition) is 5. The number of nitrogens with zero attached hydrogens (tertiary/aromatic N) is 2. The third-order valence-corrected chi connectivity index (χ3v) is 5.06. The third-order valence-electron chi connectivity index (χ3n) is 5.06. The zero-order chi connectivity index (χ0) is 19.1. The lowest BCUT2D eigenvalue weighted by Crippen LogP contribution is -2.43. The van der Waals surface area contributed by atoms with Crippen molar-refractivity contribution in [1.82, 2.24) is 9.88 Å². The zero-order valence-corrected chi connectivity index (χ0v) is 15.6. The quantitative estimate of drug-likeness (QED) is 0.834. The molecule has 1 saturated heterocycles. The molecule has 6 nitrogen and oxygen atoms in total. The lowest BCUT2D eigenvalue weighted by Gasteiger charge is -2.30. The van der Waals surface area contributed by atoms with E-state index in [-0.39, 0.29) is 23.1 Å². The monoisotopic (exact) mass is 373 g/mol. The Morgan fingerprint density at radius 3 is 2.59 bits per heavy atom. The molecule has 4 rings (SSSR count). The second-order valence-corrected chi connectivity index (χ2v) is 7.52. The van der Waals surface area contributed by atoms with Crippen LogP contribution in [0.3, 0.4) is 0 Å². The van der Waals surface area contributed by atoms with Crippen LogP contribution in [0.4, 0.5) is 10.1 Å². The Balaban J connectivity index is 1.87. The van der Waals surface area contributed by atoms with E-state index in [9.17, 15) is 14.0 Å². The van der Waals surface area contributed by atoms with E-state index in [2.05, 4.69) is 5.32 Å². The van der Waals surface area contributed by atoms with Crippen LogP contribution in [0.2, 0.25) is 0 Å². The van der Waals surface area contributed by atoms with Crippen molar-refractivity contribution in [3.05, 3.63) is 39.9 Å². The highest BCUT2D eigenvalue weighted by atomic mass is 19.1. The van der Waals surface area contributed by atoms with Gasteiger partial charge in [-0.1, -0.05) is 0 Å². The number of ether oxygens (including phenoxy) is 1. The molecule has 7 heteroatoms. The van der Waals surface area contributed by atoms with E-state index in [1.807, 2.05) is 9.47 Å². The molecule has 1 aliphatic heterocycles. The van der Waals surface area contributed by atoms with Crippen LogP contribution in [0.5, 0.6) is 0 Å². The average molecular weight is 373 g/mol. The average Bonchev–Trinajstić information content (AvgIpc) is 3.47. The largest absolute Gasteiger partial charge is 0.459 e. The second-order valence-electron chi connectivity index (χ2n) is 7.52. The van der Waals surface area contributed by atoms with Gasteiger partial charge in [0.2, 0.25) is 5.43 Å². The highest BCUT2D eigenvalue weighted by Crippen LogP contribution is 2.38. The van der Waals surface area contributed by atoms with Crippen LogP contribution < -0.4 is 15.6 Å². The van der Waals surface area contributed by atoms with Gasteiger partial charge in [-0.3, -0.25) is 4.79 Å². The number of carbonyl (C=O) groups excluding carboxylic acids is 1. The predicted octanol–water partition coefficient (Wildman–Crippen LogP) is 2.45. The summed E-state index contributed by atoms with van der Waals surface area (Å²) in [5, 5.41) is 3.49. The fourth-order valence-corrected chi connectivity index (χ4v) is 3.58. The Morgan fingerprint density at radius 1 is 1.26 bits per heavy atom. The third kappa shape index (κ3) is 3.43. The number of halogens is 1. The van der Waals surface area contributed by atoms with Crippen molar-refractivity contribution >= 4 is 22.6 Å². The van der Waals surface area contributed by atoms with E-state index in [4.69, 9.17) is 4.74 Å². The van der Waals surface area contributed by atoms with Gasteiger partial charge in [-0.15, -0.1) is 0 Å². The summed E-state index contributed by atoms with van der Waals surface area (Å²) in [5.41, 5.74) is 0.685. The summed E-state index contributed by atoms with van der Waals surface area (Å²) < 4.78 is 22.0. The number of piperazine rings is 1. The van der Waals surface area contributed by atoms with Gasteiger partial charge >= 0.3 is 5.97 Å². The Hall–Kier alpha value is -2.41. The molecule has 2 fully saturated rings. The molecule has 2 heterocycles. The number of carbonyl (C=O) groups is 1. The minimum atomic E-state index is -0.655. The maximum absolute atomic E-state index is 14.8. The van der Waals surface area contributed by atoms with Gasteiger partial charge in [-0.2, -0.15) is 0 Å². The van der Waals surface area contributed by atoms with Crippen molar-refractivity contribution in [2.24, 2.45) is 0 Å². The number of esters is 1. The van der Waals surface area contributed by atoms with Crippen LogP contribution in [0.15, 0.2) is 23.1 Å². The lowest BCUT2D eigenvalue weighted by molar-refractivity contribution is 0.0375. The van der Waals surface area contributed by atoms with E-state index in [1.54, 1.807) is 26.1 Å². The lowest BCUT2D eigenvalue weighted by atomic mass is 10.1. The number of benzene rings is 1. The van der Waals surface area contributed by atoms with E-state index in [0.717, 1.165) is 39.0 Å². The number of pyridine rings is 1. The van der Waals surface area contributed by atoms with Crippen LogP contribution in [0.1, 0.15) is 43.1 Å². The van der Waals surface area contributed by atoms with Crippen molar-refractivity contribution in [2.45, 2.75) is 38.8 Å². The molecule has 1 N–H and O–H groups in total. The fourth-order valence-electron chi connectivity index (χ4n) is 3.58. The molecule has 1 aromatic heterocycles. The summed E-state index contributed by atoms with van der Waals surface area (Å²) in [6.07, 6.45) is 3.23. The molecule has 1 aromatic carbocycles.